The van der Waals surface area contributed by atoms with Gasteiger partial charge in [0.25, 0.3) is 0 Å². The first kappa shape index (κ1) is 13.6. The summed E-state index contributed by atoms with van der Waals surface area (Å²) in [5, 5.41) is 14.8. The summed E-state index contributed by atoms with van der Waals surface area (Å²) in [6.07, 6.45) is 0. The number of phenolic OH excluding ortho intramolecular Hbond substituents is 1. The van der Waals surface area contributed by atoms with E-state index in [2.05, 4.69) is 10.1 Å². The number of hydrogen-bond donors (Lipinski definition) is 2. The first-order chi connectivity index (χ1) is 11.0. The quantitative estimate of drug-likeness (QED) is 0.567. The van der Waals surface area contributed by atoms with Gasteiger partial charge in [0.2, 0.25) is 0 Å². The molecule has 4 aromatic rings. The second kappa shape index (κ2) is 4.71. The van der Waals surface area contributed by atoms with Crippen molar-refractivity contribution >= 4 is 21.8 Å². The highest BCUT2D eigenvalue weighted by molar-refractivity contribution is 6.05. The van der Waals surface area contributed by atoms with Crippen molar-refractivity contribution in [3.8, 4) is 11.4 Å². The standard InChI is InChI=1S/C18H15N3O2/c1-10-17-11(2)21(12-3-5-13(22)6-4-12)20-18(17)15-8-7-14(23)9-16(15)19-10/h3-9,20,22H,1-2H3. The summed E-state index contributed by atoms with van der Waals surface area (Å²) in [5.74, 6) is 0.231. The molecule has 5 nitrogen and oxygen atoms in total. The van der Waals surface area contributed by atoms with Gasteiger partial charge in [0.1, 0.15) is 5.75 Å². The molecule has 0 unspecified atom stereocenters. The Morgan fingerprint density at radius 1 is 1.09 bits per heavy atom. The third-order valence-corrected chi connectivity index (χ3v) is 4.17. The average molecular weight is 305 g/mol. The highest BCUT2D eigenvalue weighted by atomic mass is 16.3. The predicted molar refractivity (Wildman–Crippen MR) is 90.3 cm³/mol. The SMILES string of the molecule is Cc1nc2cc(=O)ccc2c2[nH]n(-c3ccc(O)cc3)c(C)c12. The van der Waals surface area contributed by atoms with Crippen molar-refractivity contribution in [2.45, 2.75) is 13.8 Å². The number of aromatic nitrogens is 3. The molecule has 0 radical (unpaired) electrons. The van der Waals surface area contributed by atoms with Crippen LogP contribution in [0.4, 0.5) is 0 Å². The van der Waals surface area contributed by atoms with Gasteiger partial charge < -0.3 is 5.11 Å². The number of nitrogens with one attached hydrogen (secondary N) is 1. The number of aryl methyl sites for hydroxylation is 2. The Hall–Kier alpha value is -3.08. The van der Waals surface area contributed by atoms with Gasteiger partial charge in [-0.2, -0.15) is 0 Å². The lowest BCUT2D eigenvalue weighted by molar-refractivity contribution is 0.475. The van der Waals surface area contributed by atoms with E-state index < -0.39 is 0 Å². The first-order valence-corrected chi connectivity index (χ1v) is 7.36. The van der Waals surface area contributed by atoms with Crippen LogP contribution in [-0.4, -0.2) is 19.9 Å². The maximum Gasteiger partial charge on any atom is 0.180 e. The van der Waals surface area contributed by atoms with Crippen LogP contribution in [0.5, 0.6) is 5.75 Å². The molecule has 0 saturated carbocycles. The fourth-order valence-electron chi connectivity index (χ4n) is 3.09. The molecular formula is C18H15N3O2. The Morgan fingerprint density at radius 3 is 2.57 bits per heavy atom. The predicted octanol–water partition coefficient (Wildman–Crippen LogP) is 3.19. The van der Waals surface area contributed by atoms with Crippen LogP contribution in [0.25, 0.3) is 27.5 Å². The molecule has 0 aliphatic heterocycles. The minimum Gasteiger partial charge on any atom is -0.508 e. The molecule has 0 aliphatic carbocycles. The highest BCUT2D eigenvalue weighted by Crippen LogP contribution is 2.29. The Balaban J connectivity index is 2.10. The fraction of sp³-hybridized carbons (Fsp3) is 0.111. The largest absolute Gasteiger partial charge is 0.508 e. The van der Waals surface area contributed by atoms with Gasteiger partial charge in [0.15, 0.2) is 5.43 Å². The van der Waals surface area contributed by atoms with Crippen LogP contribution in [0, 0.1) is 13.8 Å². The molecule has 2 aromatic carbocycles. The second-order valence-electron chi connectivity index (χ2n) is 5.68. The van der Waals surface area contributed by atoms with Crippen LogP contribution in [0.2, 0.25) is 0 Å². The summed E-state index contributed by atoms with van der Waals surface area (Å²) in [5.41, 5.74) is 4.44. The Bertz CT molecular complexity index is 1110. The Labute approximate surface area is 131 Å². The normalized spacial score (nSPS) is 11.4. The van der Waals surface area contributed by atoms with Crippen LogP contribution >= 0.6 is 0 Å². The molecule has 0 atom stereocenters. The third kappa shape index (κ3) is 2.01. The minimum absolute atomic E-state index is 0.0431. The van der Waals surface area contributed by atoms with Gasteiger partial charge in [-0.3, -0.25) is 19.6 Å². The van der Waals surface area contributed by atoms with E-state index in [1.165, 1.54) is 0 Å². The fourth-order valence-corrected chi connectivity index (χ4v) is 3.09. The van der Waals surface area contributed by atoms with Gasteiger partial charge in [-0.1, -0.05) is 0 Å². The van der Waals surface area contributed by atoms with Crippen LogP contribution in [0.1, 0.15) is 11.4 Å². The number of benzene rings is 2. The Kier molecular flexibility index (Phi) is 2.78. The number of fused-ring (bicyclic) bond motifs is 3. The van der Waals surface area contributed by atoms with Gasteiger partial charge >= 0.3 is 0 Å². The molecule has 5 heteroatoms. The van der Waals surface area contributed by atoms with Gasteiger partial charge in [-0.25, -0.2) is 0 Å². The molecule has 0 fully saturated rings. The van der Waals surface area contributed by atoms with Crippen LogP contribution in [0.3, 0.4) is 0 Å². The lowest BCUT2D eigenvalue weighted by Crippen LogP contribution is -1.98. The van der Waals surface area contributed by atoms with E-state index in [0.29, 0.717) is 5.52 Å². The minimum atomic E-state index is -0.0431. The van der Waals surface area contributed by atoms with Crippen molar-refractivity contribution in [1.29, 1.82) is 0 Å². The summed E-state index contributed by atoms with van der Waals surface area (Å²) in [7, 11) is 0. The van der Waals surface area contributed by atoms with Crippen molar-refractivity contribution in [3.05, 3.63) is 64.1 Å². The molecule has 0 spiro atoms. The summed E-state index contributed by atoms with van der Waals surface area (Å²) >= 11 is 0. The second-order valence-corrected chi connectivity index (χ2v) is 5.68. The number of nitrogens with zero attached hydrogens (tertiary/aromatic N) is 2. The molecule has 2 aromatic heterocycles. The van der Waals surface area contributed by atoms with Crippen LogP contribution < -0.4 is 5.43 Å². The van der Waals surface area contributed by atoms with Crippen molar-refractivity contribution in [1.82, 2.24) is 14.8 Å². The zero-order valence-electron chi connectivity index (χ0n) is 12.8. The van der Waals surface area contributed by atoms with E-state index >= 15 is 0 Å². The third-order valence-electron chi connectivity index (χ3n) is 4.17. The molecule has 2 N–H and O–H groups in total. The summed E-state index contributed by atoms with van der Waals surface area (Å²) in [6.45, 7) is 3.97. The Morgan fingerprint density at radius 2 is 1.83 bits per heavy atom. The van der Waals surface area contributed by atoms with E-state index in [4.69, 9.17) is 0 Å². The molecule has 4 rings (SSSR count). The van der Waals surface area contributed by atoms with Gasteiger partial charge in [0, 0.05) is 28.2 Å². The maximum absolute atomic E-state index is 11.6. The zero-order chi connectivity index (χ0) is 16.1. The lowest BCUT2D eigenvalue weighted by Gasteiger charge is -2.05. The molecule has 2 heterocycles. The van der Waals surface area contributed by atoms with Crippen molar-refractivity contribution < 1.29 is 5.11 Å². The van der Waals surface area contributed by atoms with Crippen LogP contribution in [0.15, 0.2) is 47.3 Å². The number of aromatic amines is 1. The zero-order valence-corrected chi connectivity index (χ0v) is 12.8. The highest BCUT2D eigenvalue weighted by Gasteiger charge is 2.14. The number of rotatable bonds is 1. The van der Waals surface area contributed by atoms with Gasteiger partial charge in [-0.05, 0) is 50.2 Å². The smallest absolute Gasteiger partial charge is 0.180 e. The molecule has 0 aliphatic rings. The lowest BCUT2D eigenvalue weighted by atomic mass is 10.1. The monoisotopic (exact) mass is 305 g/mol. The summed E-state index contributed by atoms with van der Waals surface area (Å²) in [4.78, 5) is 16.2. The molecule has 0 amide bonds. The van der Waals surface area contributed by atoms with Crippen molar-refractivity contribution in [2.24, 2.45) is 0 Å². The number of hydrogen-bond acceptors (Lipinski definition) is 3. The number of pyridine rings is 1. The molecule has 114 valence electrons. The maximum atomic E-state index is 11.6. The van der Waals surface area contributed by atoms with Crippen molar-refractivity contribution in [3.63, 3.8) is 0 Å². The molecular weight excluding hydrogens is 290 g/mol. The molecule has 0 saturated heterocycles. The van der Waals surface area contributed by atoms with E-state index in [0.717, 1.165) is 33.4 Å². The van der Waals surface area contributed by atoms with Crippen LogP contribution in [-0.2, 0) is 0 Å². The first-order valence-electron chi connectivity index (χ1n) is 7.36. The number of aromatic hydroxyl groups is 1. The summed E-state index contributed by atoms with van der Waals surface area (Å²) in [6, 6.07) is 11.9. The van der Waals surface area contributed by atoms with E-state index in [-0.39, 0.29) is 11.2 Å². The number of H-pyrrole nitrogens is 1. The van der Waals surface area contributed by atoms with Crippen molar-refractivity contribution in [2.75, 3.05) is 0 Å². The topological polar surface area (TPSA) is 70.9 Å². The molecule has 23 heavy (non-hydrogen) atoms. The van der Waals surface area contributed by atoms with Gasteiger partial charge in [-0.15, -0.1) is 0 Å². The van der Waals surface area contributed by atoms with Gasteiger partial charge in [0.05, 0.1) is 16.7 Å². The average Bonchev–Trinajstić information content (AvgIpc) is 2.86. The molecule has 0 bridgehead atoms. The summed E-state index contributed by atoms with van der Waals surface area (Å²) < 4.78 is 1.96. The van der Waals surface area contributed by atoms with E-state index in [1.54, 1.807) is 24.3 Å². The number of phenols is 1. The van der Waals surface area contributed by atoms with E-state index in [1.807, 2.05) is 36.7 Å². The van der Waals surface area contributed by atoms with E-state index in [9.17, 15) is 9.90 Å².